The van der Waals surface area contributed by atoms with Gasteiger partial charge in [-0.1, -0.05) is 54.1 Å². The predicted octanol–water partition coefficient (Wildman–Crippen LogP) is 3.60. The Morgan fingerprint density at radius 3 is 2.45 bits per heavy atom. The number of halogens is 1. The number of hydrogen-bond donors (Lipinski definition) is 0. The van der Waals surface area contributed by atoms with Gasteiger partial charge in [0.2, 0.25) is 5.91 Å². The Hall–Kier alpha value is -2.33. The molecule has 1 saturated heterocycles. The lowest BCUT2D eigenvalue weighted by Crippen LogP contribution is -2.53. The van der Waals surface area contributed by atoms with Crippen LogP contribution in [0.2, 0.25) is 5.02 Å². The van der Waals surface area contributed by atoms with E-state index in [9.17, 15) is 9.59 Å². The van der Waals surface area contributed by atoms with Gasteiger partial charge in [0.1, 0.15) is 6.61 Å². The molecule has 0 spiro atoms. The fraction of sp³-hybridized carbons (Fsp3) is 0.176. The maximum Gasteiger partial charge on any atom is 0.416 e. The lowest BCUT2D eigenvalue weighted by atomic mass is 9.91. The van der Waals surface area contributed by atoms with Crippen molar-refractivity contribution in [2.45, 2.75) is 12.5 Å². The summed E-state index contributed by atoms with van der Waals surface area (Å²) in [6.07, 6.45) is -0.598. The molecule has 1 atom stereocenters. The summed E-state index contributed by atoms with van der Waals surface area (Å²) in [4.78, 5) is 25.1. The SMILES string of the molecule is O=C(OCc1ccccc1)N1CC(c2ccc(Cl)cc2)C1=O. The number of β-lactam (4-membered cyclic amide) rings is 1. The fourth-order valence-corrected chi connectivity index (χ4v) is 2.46. The van der Waals surface area contributed by atoms with Gasteiger partial charge >= 0.3 is 6.09 Å². The smallest absolute Gasteiger partial charge is 0.416 e. The number of nitrogens with zero attached hydrogens (tertiary/aromatic N) is 1. The molecule has 2 aromatic carbocycles. The average molecular weight is 316 g/mol. The lowest BCUT2D eigenvalue weighted by Gasteiger charge is -2.36. The van der Waals surface area contributed by atoms with Crippen LogP contribution in [0.5, 0.6) is 0 Å². The van der Waals surface area contributed by atoms with E-state index in [1.54, 1.807) is 24.3 Å². The Bertz CT molecular complexity index is 685. The molecule has 0 saturated carbocycles. The second-order valence-electron chi connectivity index (χ2n) is 5.09. The number of ether oxygens (including phenoxy) is 1. The van der Waals surface area contributed by atoms with Crippen LogP contribution in [-0.4, -0.2) is 23.4 Å². The number of likely N-dealkylation sites (tertiary alicyclic amines) is 1. The van der Waals surface area contributed by atoms with Crippen LogP contribution in [0.3, 0.4) is 0 Å². The number of rotatable bonds is 3. The number of imide groups is 1. The number of carbonyl (C=O) groups excluding carboxylic acids is 2. The third kappa shape index (κ3) is 2.97. The Morgan fingerprint density at radius 2 is 1.82 bits per heavy atom. The van der Waals surface area contributed by atoms with E-state index in [0.717, 1.165) is 16.0 Å². The van der Waals surface area contributed by atoms with Crippen LogP contribution < -0.4 is 0 Å². The minimum atomic E-state index is -0.598. The summed E-state index contributed by atoms with van der Waals surface area (Å²) in [5.74, 6) is -0.526. The molecule has 22 heavy (non-hydrogen) atoms. The highest BCUT2D eigenvalue weighted by molar-refractivity contribution is 6.30. The minimum absolute atomic E-state index is 0.162. The standard InChI is InChI=1S/C17H14ClNO3/c18-14-8-6-13(7-9-14)15-10-19(16(15)20)17(21)22-11-12-4-2-1-3-5-12/h1-9,15H,10-11H2. The van der Waals surface area contributed by atoms with Gasteiger partial charge in [-0.3, -0.25) is 4.79 Å². The zero-order valence-electron chi connectivity index (χ0n) is 11.7. The van der Waals surface area contributed by atoms with E-state index in [0.29, 0.717) is 11.6 Å². The van der Waals surface area contributed by atoms with Crippen molar-refractivity contribution in [2.24, 2.45) is 0 Å². The molecular formula is C17H14ClNO3. The molecule has 112 valence electrons. The molecule has 5 heteroatoms. The first kappa shape index (κ1) is 14.6. The maximum absolute atomic E-state index is 12.1. The summed E-state index contributed by atoms with van der Waals surface area (Å²) in [6.45, 7) is 0.503. The van der Waals surface area contributed by atoms with Gasteiger partial charge in [-0.05, 0) is 23.3 Å². The summed E-state index contributed by atoms with van der Waals surface area (Å²) in [7, 11) is 0. The molecule has 1 aliphatic heterocycles. The molecule has 1 aliphatic rings. The predicted molar refractivity (Wildman–Crippen MR) is 82.5 cm³/mol. The second kappa shape index (κ2) is 6.20. The van der Waals surface area contributed by atoms with Crippen molar-refractivity contribution in [2.75, 3.05) is 6.54 Å². The molecule has 0 bridgehead atoms. The normalized spacial score (nSPS) is 17.0. The van der Waals surface area contributed by atoms with Gasteiger partial charge in [0.15, 0.2) is 0 Å². The lowest BCUT2D eigenvalue weighted by molar-refractivity contribution is -0.140. The summed E-state index contributed by atoms with van der Waals surface area (Å²) in [5.41, 5.74) is 1.75. The van der Waals surface area contributed by atoms with E-state index in [1.165, 1.54) is 0 Å². The molecule has 1 fully saturated rings. The first-order valence-electron chi connectivity index (χ1n) is 6.92. The monoisotopic (exact) mass is 315 g/mol. The number of carbonyl (C=O) groups is 2. The summed E-state index contributed by atoms with van der Waals surface area (Å²) in [6, 6.07) is 16.4. The topological polar surface area (TPSA) is 46.6 Å². The van der Waals surface area contributed by atoms with Crippen molar-refractivity contribution in [3.63, 3.8) is 0 Å². The Labute approximate surface area is 133 Å². The summed E-state index contributed by atoms with van der Waals surface area (Å²) in [5, 5.41) is 0.620. The van der Waals surface area contributed by atoms with Crippen molar-refractivity contribution < 1.29 is 14.3 Å². The molecule has 4 nitrogen and oxygen atoms in total. The van der Waals surface area contributed by atoms with Crippen molar-refractivity contribution in [3.05, 3.63) is 70.7 Å². The zero-order chi connectivity index (χ0) is 15.5. The van der Waals surface area contributed by atoms with E-state index in [-0.39, 0.29) is 18.4 Å². The van der Waals surface area contributed by atoms with Gasteiger partial charge in [-0.2, -0.15) is 0 Å². The first-order valence-corrected chi connectivity index (χ1v) is 7.30. The highest BCUT2D eigenvalue weighted by Crippen LogP contribution is 2.30. The van der Waals surface area contributed by atoms with E-state index < -0.39 is 6.09 Å². The molecule has 0 radical (unpaired) electrons. The van der Waals surface area contributed by atoms with Gasteiger partial charge < -0.3 is 4.74 Å². The Balaban J connectivity index is 1.55. The molecule has 2 amide bonds. The van der Waals surface area contributed by atoms with Crippen LogP contribution in [0.1, 0.15) is 17.0 Å². The maximum atomic E-state index is 12.1. The van der Waals surface area contributed by atoms with Gasteiger partial charge in [-0.25, -0.2) is 9.69 Å². The highest BCUT2D eigenvalue weighted by atomic mass is 35.5. The Morgan fingerprint density at radius 1 is 1.14 bits per heavy atom. The molecule has 1 unspecified atom stereocenters. The largest absolute Gasteiger partial charge is 0.444 e. The Kier molecular flexibility index (Phi) is 4.11. The molecule has 0 N–H and O–H groups in total. The van der Waals surface area contributed by atoms with Gasteiger partial charge in [0.05, 0.1) is 5.92 Å². The van der Waals surface area contributed by atoms with E-state index in [1.807, 2.05) is 30.3 Å². The summed E-state index contributed by atoms with van der Waals surface area (Å²) >= 11 is 5.82. The van der Waals surface area contributed by atoms with Gasteiger partial charge in [-0.15, -0.1) is 0 Å². The second-order valence-corrected chi connectivity index (χ2v) is 5.53. The number of hydrogen-bond acceptors (Lipinski definition) is 3. The van der Waals surface area contributed by atoms with Crippen molar-refractivity contribution in [1.82, 2.24) is 4.90 Å². The van der Waals surface area contributed by atoms with E-state index in [4.69, 9.17) is 16.3 Å². The average Bonchev–Trinajstić information content (AvgIpc) is 2.54. The van der Waals surface area contributed by atoms with E-state index >= 15 is 0 Å². The van der Waals surface area contributed by atoms with Crippen LogP contribution in [0, 0.1) is 0 Å². The van der Waals surface area contributed by atoms with Crippen LogP contribution in [0.4, 0.5) is 4.79 Å². The van der Waals surface area contributed by atoms with Crippen molar-refractivity contribution in [1.29, 1.82) is 0 Å². The number of benzene rings is 2. The molecule has 2 aromatic rings. The minimum Gasteiger partial charge on any atom is -0.444 e. The zero-order valence-corrected chi connectivity index (χ0v) is 12.5. The van der Waals surface area contributed by atoms with Crippen molar-refractivity contribution in [3.8, 4) is 0 Å². The summed E-state index contributed by atoms with van der Waals surface area (Å²) < 4.78 is 5.15. The third-order valence-electron chi connectivity index (χ3n) is 3.63. The molecule has 0 aliphatic carbocycles. The fourth-order valence-electron chi connectivity index (χ4n) is 2.33. The molecule has 3 rings (SSSR count). The van der Waals surface area contributed by atoms with Crippen molar-refractivity contribution >= 4 is 23.6 Å². The van der Waals surface area contributed by atoms with Gasteiger partial charge in [0, 0.05) is 11.6 Å². The van der Waals surface area contributed by atoms with Gasteiger partial charge in [0.25, 0.3) is 0 Å². The number of amides is 2. The van der Waals surface area contributed by atoms with E-state index in [2.05, 4.69) is 0 Å². The van der Waals surface area contributed by atoms with Crippen LogP contribution in [0.25, 0.3) is 0 Å². The van der Waals surface area contributed by atoms with Crippen LogP contribution in [0.15, 0.2) is 54.6 Å². The quantitative estimate of drug-likeness (QED) is 0.813. The van der Waals surface area contributed by atoms with Crippen LogP contribution in [-0.2, 0) is 16.1 Å². The molecule has 0 aromatic heterocycles. The third-order valence-corrected chi connectivity index (χ3v) is 3.88. The first-order chi connectivity index (χ1) is 10.6. The molecule has 1 heterocycles. The van der Waals surface area contributed by atoms with Crippen LogP contribution >= 0.6 is 11.6 Å². The highest BCUT2D eigenvalue weighted by Gasteiger charge is 2.42. The molecular weight excluding hydrogens is 302 g/mol.